The molecule has 1 fully saturated rings. The topological polar surface area (TPSA) is 62.6 Å². The molecule has 6 heteroatoms. The SMILES string of the molecule is CCNCc1ccc(S(=O)(=O)N(C)C2CCCC(C)C2)o1. The normalized spacial score (nSPS) is 23.6. The molecule has 1 aromatic heterocycles. The van der Waals surface area contributed by atoms with Crippen LogP contribution < -0.4 is 5.32 Å². The largest absolute Gasteiger partial charge is 0.447 e. The van der Waals surface area contributed by atoms with Gasteiger partial charge >= 0.3 is 0 Å². The van der Waals surface area contributed by atoms with Crippen molar-refractivity contribution < 1.29 is 12.8 Å². The highest BCUT2D eigenvalue weighted by Gasteiger charge is 2.32. The Hall–Kier alpha value is -0.850. The van der Waals surface area contributed by atoms with Crippen LogP contribution in [0.3, 0.4) is 0 Å². The number of nitrogens with one attached hydrogen (secondary N) is 1. The molecule has 120 valence electrons. The molecule has 1 aliphatic carbocycles. The van der Waals surface area contributed by atoms with Gasteiger partial charge in [-0.1, -0.05) is 26.7 Å². The first kappa shape index (κ1) is 16.5. The molecular weight excluding hydrogens is 288 g/mol. The summed E-state index contributed by atoms with van der Waals surface area (Å²) >= 11 is 0. The van der Waals surface area contributed by atoms with Crippen LogP contribution in [0.2, 0.25) is 0 Å². The molecule has 0 radical (unpaired) electrons. The molecule has 0 aliphatic heterocycles. The molecule has 0 saturated heterocycles. The zero-order valence-corrected chi connectivity index (χ0v) is 13.9. The summed E-state index contributed by atoms with van der Waals surface area (Å²) in [7, 11) is -1.86. The van der Waals surface area contributed by atoms with Gasteiger partial charge in [-0.2, -0.15) is 4.31 Å². The number of hydrogen-bond acceptors (Lipinski definition) is 4. The van der Waals surface area contributed by atoms with Crippen LogP contribution in [0, 0.1) is 5.92 Å². The quantitative estimate of drug-likeness (QED) is 0.876. The summed E-state index contributed by atoms with van der Waals surface area (Å²) < 4.78 is 32.3. The second-order valence-corrected chi connectivity index (χ2v) is 7.88. The maximum atomic E-state index is 12.6. The molecule has 0 amide bonds. The molecule has 1 aromatic rings. The van der Waals surface area contributed by atoms with E-state index in [0.29, 0.717) is 18.2 Å². The minimum Gasteiger partial charge on any atom is -0.447 e. The average Bonchev–Trinajstić information content (AvgIpc) is 2.93. The summed E-state index contributed by atoms with van der Waals surface area (Å²) in [5, 5.41) is 3.18. The third-order valence-corrected chi connectivity index (χ3v) is 6.03. The van der Waals surface area contributed by atoms with E-state index in [-0.39, 0.29) is 11.1 Å². The highest BCUT2D eigenvalue weighted by molar-refractivity contribution is 7.89. The standard InChI is InChI=1S/C15H26N2O3S/c1-4-16-11-14-8-9-15(20-14)21(18,19)17(3)13-7-5-6-12(2)10-13/h8-9,12-13,16H,4-7,10-11H2,1-3H3. The lowest BCUT2D eigenvalue weighted by Gasteiger charge is -2.32. The van der Waals surface area contributed by atoms with Crippen molar-refractivity contribution >= 4 is 10.0 Å². The Morgan fingerprint density at radius 1 is 1.38 bits per heavy atom. The highest BCUT2D eigenvalue weighted by Crippen LogP contribution is 2.30. The Morgan fingerprint density at radius 3 is 2.81 bits per heavy atom. The summed E-state index contributed by atoms with van der Waals surface area (Å²) in [5.74, 6) is 1.24. The first-order valence-corrected chi connectivity index (χ1v) is 9.16. The van der Waals surface area contributed by atoms with E-state index in [9.17, 15) is 8.42 Å². The van der Waals surface area contributed by atoms with E-state index in [2.05, 4.69) is 12.2 Å². The fraction of sp³-hybridized carbons (Fsp3) is 0.733. The van der Waals surface area contributed by atoms with Crippen molar-refractivity contribution in [3.63, 3.8) is 0 Å². The number of sulfonamides is 1. The van der Waals surface area contributed by atoms with Gasteiger partial charge in [0.2, 0.25) is 5.09 Å². The van der Waals surface area contributed by atoms with Crippen molar-refractivity contribution in [2.45, 2.75) is 57.2 Å². The molecule has 2 unspecified atom stereocenters. The number of nitrogens with zero attached hydrogens (tertiary/aromatic N) is 1. The van der Waals surface area contributed by atoms with Crippen LogP contribution in [-0.4, -0.2) is 32.4 Å². The number of hydrogen-bond donors (Lipinski definition) is 1. The monoisotopic (exact) mass is 314 g/mol. The van der Waals surface area contributed by atoms with Crippen molar-refractivity contribution in [2.24, 2.45) is 5.92 Å². The average molecular weight is 314 g/mol. The molecule has 1 saturated carbocycles. The van der Waals surface area contributed by atoms with Gasteiger partial charge in [-0.05, 0) is 37.4 Å². The lowest BCUT2D eigenvalue weighted by molar-refractivity contribution is 0.235. The molecule has 2 rings (SSSR count). The number of rotatable bonds is 6. The van der Waals surface area contributed by atoms with Gasteiger partial charge in [-0.3, -0.25) is 0 Å². The van der Waals surface area contributed by atoms with Gasteiger partial charge in [0, 0.05) is 13.1 Å². The van der Waals surface area contributed by atoms with Crippen molar-refractivity contribution in [1.82, 2.24) is 9.62 Å². The first-order chi connectivity index (χ1) is 9.95. The van der Waals surface area contributed by atoms with Crippen LogP contribution in [0.5, 0.6) is 0 Å². The molecule has 0 bridgehead atoms. The molecule has 0 spiro atoms. The summed E-state index contributed by atoms with van der Waals surface area (Å²) in [4.78, 5) is 0. The van der Waals surface area contributed by atoms with Crippen molar-refractivity contribution in [2.75, 3.05) is 13.6 Å². The smallest absolute Gasteiger partial charge is 0.276 e. The minimum atomic E-state index is -3.53. The molecule has 1 heterocycles. The molecule has 1 aliphatic rings. The van der Waals surface area contributed by atoms with E-state index in [4.69, 9.17) is 4.42 Å². The fourth-order valence-corrected chi connectivity index (χ4v) is 4.23. The molecule has 1 N–H and O–H groups in total. The van der Waals surface area contributed by atoms with Gasteiger partial charge in [0.1, 0.15) is 5.76 Å². The van der Waals surface area contributed by atoms with Crippen LogP contribution >= 0.6 is 0 Å². The van der Waals surface area contributed by atoms with Crippen molar-refractivity contribution in [3.8, 4) is 0 Å². The Balaban J connectivity index is 2.11. The van der Waals surface area contributed by atoms with Crippen LogP contribution in [0.25, 0.3) is 0 Å². The van der Waals surface area contributed by atoms with Crippen LogP contribution in [0.4, 0.5) is 0 Å². The summed E-state index contributed by atoms with van der Waals surface area (Å²) in [6.07, 6.45) is 4.15. The van der Waals surface area contributed by atoms with Crippen molar-refractivity contribution in [1.29, 1.82) is 0 Å². The number of furan rings is 1. The van der Waals surface area contributed by atoms with Gasteiger partial charge < -0.3 is 9.73 Å². The summed E-state index contributed by atoms with van der Waals surface area (Å²) in [6.45, 7) is 5.56. The van der Waals surface area contributed by atoms with Gasteiger partial charge in [-0.15, -0.1) is 0 Å². The lowest BCUT2D eigenvalue weighted by atomic mass is 9.87. The highest BCUT2D eigenvalue weighted by atomic mass is 32.2. The Bertz CT molecular complexity index is 553. The van der Waals surface area contributed by atoms with Crippen molar-refractivity contribution in [3.05, 3.63) is 17.9 Å². The van der Waals surface area contributed by atoms with E-state index < -0.39 is 10.0 Å². The Kier molecular flexibility index (Phi) is 5.46. The maximum Gasteiger partial charge on any atom is 0.276 e. The van der Waals surface area contributed by atoms with E-state index in [0.717, 1.165) is 25.8 Å². The van der Waals surface area contributed by atoms with E-state index in [1.165, 1.54) is 10.7 Å². The van der Waals surface area contributed by atoms with E-state index in [1.807, 2.05) is 6.92 Å². The third-order valence-electron chi connectivity index (χ3n) is 4.24. The van der Waals surface area contributed by atoms with Crippen LogP contribution in [0.1, 0.15) is 45.3 Å². The zero-order valence-electron chi connectivity index (χ0n) is 13.1. The van der Waals surface area contributed by atoms with E-state index in [1.54, 1.807) is 19.2 Å². The molecule has 0 aromatic carbocycles. The maximum absolute atomic E-state index is 12.6. The fourth-order valence-electron chi connectivity index (χ4n) is 2.91. The first-order valence-electron chi connectivity index (χ1n) is 7.72. The Morgan fingerprint density at radius 2 is 2.14 bits per heavy atom. The second-order valence-electron chi connectivity index (χ2n) is 5.95. The van der Waals surface area contributed by atoms with Crippen LogP contribution in [0.15, 0.2) is 21.6 Å². The predicted molar refractivity (Wildman–Crippen MR) is 82.5 cm³/mol. The Labute approximate surface area is 127 Å². The van der Waals surface area contributed by atoms with Gasteiger partial charge in [-0.25, -0.2) is 8.42 Å². The minimum absolute atomic E-state index is 0.0520. The zero-order chi connectivity index (χ0) is 15.5. The van der Waals surface area contributed by atoms with Gasteiger partial charge in [0.05, 0.1) is 6.54 Å². The molecule has 2 atom stereocenters. The molecular formula is C15H26N2O3S. The summed E-state index contributed by atoms with van der Waals surface area (Å²) in [5.41, 5.74) is 0. The second kappa shape index (κ2) is 6.94. The van der Waals surface area contributed by atoms with Gasteiger partial charge in [0.15, 0.2) is 0 Å². The molecule has 21 heavy (non-hydrogen) atoms. The lowest BCUT2D eigenvalue weighted by Crippen LogP contribution is -2.39. The van der Waals surface area contributed by atoms with Gasteiger partial charge in [0.25, 0.3) is 10.0 Å². The predicted octanol–water partition coefficient (Wildman–Crippen LogP) is 2.59. The van der Waals surface area contributed by atoms with E-state index >= 15 is 0 Å². The molecule has 5 nitrogen and oxygen atoms in total. The summed E-state index contributed by atoms with van der Waals surface area (Å²) in [6, 6.07) is 3.37. The third kappa shape index (κ3) is 3.87. The van der Waals surface area contributed by atoms with Crippen LogP contribution in [-0.2, 0) is 16.6 Å².